The predicted octanol–water partition coefficient (Wildman–Crippen LogP) is 2.72. The first kappa shape index (κ1) is 13.4. The standard InChI is InChI=1S/C15H12N2O3/c1-19-15(18)10-6-7-12(17)14(8-10)20-13-5-3-2-4-11(13)9-16/h2-8H,17H2,1H3. The lowest BCUT2D eigenvalue weighted by Crippen LogP contribution is -2.02. The molecule has 0 unspecified atom stereocenters. The SMILES string of the molecule is COC(=O)c1ccc(N)c(Oc2ccccc2C#N)c1. The summed E-state index contributed by atoms with van der Waals surface area (Å²) < 4.78 is 10.2. The van der Waals surface area contributed by atoms with E-state index in [2.05, 4.69) is 4.74 Å². The molecule has 0 aromatic heterocycles. The van der Waals surface area contributed by atoms with Crippen molar-refractivity contribution < 1.29 is 14.3 Å². The molecule has 0 spiro atoms. The Morgan fingerprint density at radius 3 is 2.65 bits per heavy atom. The fraction of sp³-hybridized carbons (Fsp3) is 0.0667. The highest BCUT2D eigenvalue weighted by molar-refractivity contribution is 5.90. The molecule has 0 saturated carbocycles. The van der Waals surface area contributed by atoms with Gasteiger partial charge in [-0.3, -0.25) is 0 Å². The number of hydrogen-bond acceptors (Lipinski definition) is 5. The maximum Gasteiger partial charge on any atom is 0.337 e. The average molecular weight is 268 g/mol. The molecular formula is C15H12N2O3. The van der Waals surface area contributed by atoms with Gasteiger partial charge >= 0.3 is 5.97 Å². The Morgan fingerprint density at radius 1 is 1.20 bits per heavy atom. The van der Waals surface area contributed by atoms with Crippen LogP contribution in [0, 0.1) is 11.3 Å². The predicted molar refractivity (Wildman–Crippen MR) is 73.4 cm³/mol. The second-order valence-electron chi connectivity index (χ2n) is 3.95. The number of hydrogen-bond donors (Lipinski definition) is 1. The highest BCUT2D eigenvalue weighted by Gasteiger charge is 2.11. The number of carbonyl (C=O) groups is 1. The fourth-order valence-electron chi connectivity index (χ4n) is 1.63. The highest BCUT2D eigenvalue weighted by Crippen LogP contribution is 2.30. The Hall–Kier alpha value is -3.00. The summed E-state index contributed by atoms with van der Waals surface area (Å²) in [6, 6.07) is 13.4. The molecule has 2 aromatic carbocycles. The van der Waals surface area contributed by atoms with Crippen molar-refractivity contribution in [1.29, 1.82) is 5.26 Å². The number of nitrogen functional groups attached to an aromatic ring is 1. The molecule has 20 heavy (non-hydrogen) atoms. The first-order valence-corrected chi connectivity index (χ1v) is 5.80. The Kier molecular flexibility index (Phi) is 3.87. The Morgan fingerprint density at radius 2 is 1.95 bits per heavy atom. The molecule has 0 radical (unpaired) electrons. The van der Waals surface area contributed by atoms with Gasteiger partial charge in [0.15, 0.2) is 5.75 Å². The van der Waals surface area contributed by atoms with Gasteiger partial charge in [-0.2, -0.15) is 5.26 Å². The van der Waals surface area contributed by atoms with Crippen LogP contribution >= 0.6 is 0 Å². The van der Waals surface area contributed by atoms with Crippen molar-refractivity contribution in [1.82, 2.24) is 0 Å². The number of esters is 1. The number of ether oxygens (including phenoxy) is 2. The van der Waals surface area contributed by atoms with Crippen LogP contribution in [0.5, 0.6) is 11.5 Å². The minimum absolute atomic E-state index is 0.301. The lowest BCUT2D eigenvalue weighted by molar-refractivity contribution is 0.0600. The minimum Gasteiger partial charge on any atom is -0.465 e. The third-order valence-electron chi connectivity index (χ3n) is 2.66. The summed E-state index contributed by atoms with van der Waals surface area (Å²) in [5.41, 5.74) is 6.89. The Labute approximate surface area is 116 Å². The molecule has 2 N–H and O–H groups in total. The van der Waals surface area contributed by atoms with Gasteiger partial charge in [0.1, 0.15) is 11.8 Å². The second kappa shape index (κ2) is 5.76. The molecule has 0 saturated heterocycles. The van der Waals surface area contributed by atoms with Gasteiger partial charge in [0, 0.05) is 0 Å². The summed E-state index contributed by atoms with van der Waals surface area (Å²) in [6.45, 7) is 0. The first-order chi connectivity index (χ1) is 9.65. The van der Waals surface area contributed by atoms with Crippen molar-refractivity contribution in [2.45, 2.75) is 0 Å². The van der Waals surface area contributed by atoms with Crippen LogP contribution in [-0.4, -0.2) is 13.1 Å². The Bertz CT molecular complexity index is 690. The molecule has 0 bridgehead atoms. The summed E-state index contributed by atoms with van der Waals surface area (Å²) in [7, 11) is 1.30. The van der Waals surface area contributed by atoms with Crippen LogP contribution in [-0.2, 0) is 4.74 Å². The molecule has 5 heteroatoms. The molecule has 0 fully saturated rings. The lowest BCUT2D eigenvalue weighted by atomic mass is 10.2. The van der Waals surface area contributed by atoms with E-state index in [0.29, 0.717) is 28.3 Å². The number of nitrogens with zero attached hydrogens (tertiary/aromatic N) is 1. The number of rotatable bonds is 3. The van der Waals surface area contributed by atoms with Gasteiger partial charge in [0.25, 0.3) is 0 Å². The van der Waals surface area contributed by atoms with E-state index in [1.54, 1.807) is 36.4 Å². The monoisotopic (exact) mass is 268 g/mol. The average Bonchev–Trinajstić information content (AvgIpc) is 2.49. The summed E-state index contributed by atoms with van der Waals surface area (Å²) in [4.78, 5) is 11.5. The summed E-state index contributed by atoms with van der Waals surface area (Å²) in [5, 5.41) is 9.01. The van der Waals surface area contributed by atoms with E-state index >= 15 is 0 Å². The van der Waals surface area contributed by atoms with Crippen LogP contribution in [0.15, 0.2) is 42.5 Å². The number of nitriles is 1. The maximum absolute atomic E-state index is 11.5. The van der Waals surface area contributed by atoms with Crippen molar-refractivity contribution in [3.63, 3.8) is 0 Å². The van der Waals surface area contributed by atoms with Gasteiger partial charge in [0.05, 0.1) is 23.9 Å². The van der Waals surface area contributed by atoms with Gasteiger partial charge in [-0.15, -0.1) is 0 Å². The fourth-order valence-corrected chi connectivity index (χ4v) is 1.63. The van der Waals surface area contributed by atoms with E-state index in [-0.39, 0.29) is 0 Å². The Balaban J connectivity index is 2.38. The van der Waals surface area contributed by atoms with Crippen molar-refractivity contribution in [3.8, 4) is 17.6 Å². The highest BCUT2D eigenvalue weighted by atomic mass is 16.5. The third kappa shape index (κ3) is 2.70. The van der Waals surface area contributed by atoms with E-state index < -0.39 is 5.97 Å². The number of anilines is 1. The second-order valence-corrected chi connectivity index (χ2v) is 3.95. The topological polar surface area (TPSA) is 85.3 Å². The van der Waals surface area contributed by atoms with E-state index in [0.717, 1.165) is 0 Å². The number of nitrogens with two attached hydrogens (primary N) is 1. The van der Waals surface area contributed by atoms with Crippen LogP contribution < -0.4 is 10.5 Å². The molecule has 0 atom stereocenters. The number of methoxy groups -OCH3 is 1. The molecule has 0 amide bonds. The molecule has 0 aliphatic carbocycles. The van der Waals surface area contributed by atoms with Crippen LogP contribution in [0.3, 0.4) is 0 Å². The number of carbonyl (C=O) groups excluding carboxylic acids is 1. The van der Waals surface area contributed by atoms with Gasteiger partial charge in [-0.05, 0) is 30.3 Å². The molecule has 0 aliphatic rings. The van der Waals surface area contributed by atoms with E-state index in [4.69, 9.17) is 15.7 Å². The van der Waals surface area contributed by atoms with E-state index in [1.165, 1.54) is 13.2 Å². The van der Waals surface area contributed by atoms with Gasteiger partial charge in [0.2, 0.25) is 0 Å². The molecule has 2 aromatic rings. The molecule has 5 nitrogen and oxygen atoms in total. The van der Waals surface area contributed by atoms with Crippen molar-refractivity contribution in [2.75, 3.05) is 12.8 Å². The number of benzene rings is 2. The van der Waals surface area contributed by atoms with E-state index in [1.807, 2.05) is 6.07 Å². The zero-order valence-corrected chi connectivity index (χ0v) is 10.8. The summed E-state index contributed by atoms with van der Waals surface area (Å²) >= 11 is 0. The van der Waals surface area contributed by atoms with Crippen molar-refractivity contribution in [3.05, 3.63) is 53.6 Å². The van der Waals surface area contributed by atoms with Gasteiger partial charge in [-0.25, -0.2) is 4.79 Å². The summed E-state index contributed by atoms with van der Waals surface area (Å²) in [5.74, 6) is 0.197. The zero-order valence-electron chi connectivity index (χ0n) is 10.8. The van der Waals surface area contributed by atoms with Gasteiger partial charge in [-0.1, -0.05) is 12.1 Å². The molecule has 0 heterocycles. The minimum atomic E-state index is -0.483. The van der Waals surface area contributed by atoms with Crippen LogP contribution in [0.4, 0.5) is 5.69 Å². The first-order valence-electron chi connectivity index (χ1n) is 5.80. The largest absolute Gasteiger partial charge is 0.465 e. The lowest BCUT2D eigenvalue weighted by Gasteiger charge is -2.10. The number of para-hydroxylation sites is 1. The molecular weight excluding hydrogens is 256 g/mol. The molecule has 0 aliphatic heterocycles. The maximum atomic E-state index is 11.5. The molecule has 2 rings (SSSR count). The quantitative estimate of drug-likeness (QED) is 0.683. The van der Waals surface area contributed by atoms with Crippen LogP contribution in [0.2, 0.25) is 0 Å². The smallest absolute Gasteiger partial charge is 0.337 e. The normalized spacial score (nSPS) is 9.60. The molecule has 100 valence electrons. The van der Waals surface area contributed by atoms with Crippen LogP contribution in [0.1, 0.15) is 15.9 Å². The van der Waals surface area contributed by atoms with Crippen molar-refractivity contribution >= 4 is 11.7 Å². The van der Waals surface area contributed by atoms with Gasteiger partial charge < -0.3 is 15.2 Å². The van der Waals surface area contributed by atoms with E-state index in [9.17, 15) is 4.79 Å². The summed E-state index contributed by atoms with van der Waals surface area (Å²) in [6.07, 6.45) is 0. The zero-order chi connectivity index (χ0) is 14.5. The van der Waals surface area contributed by atoms with Crippen molar-refractivity contribution in [2.24, 2.45) is 0 Å². The van der Waals surface area contributed by atoms with Crippen LogP contribution in [0.25, 0.3) is 0 Å². The third-order valence-corrected chi connectivity index (χ3v) is 2.66.